The molecule has 4 heterocycles. The van der Waals surface area contributed by atoms with Gasteiger partial charge in [-0.1, -0.05) is 6.07 Å². The van der Waals surface area contributed by atoms with E-state index < -0.39 is 17.2 Å². The average Bonchev–Trinajstić information content (AvgIpc) is 3.05. The van der Waals surface area contributed by atoms with Gasteiger partial charge in [0.05, 0.1) is 0 Å². The van der Waals surface area contributed by atoms with E-state index in [-0.39, 0.29) is 18.1 Å². The lowest BCUT2D eigenvalue weighted by atomic mass is 9.98. The number of nitrogens with zero attached hydrogens (tertiary/aromatic N) is 3. The van der Waals surface area contributed by atoms with Gasteiger partial charge in [-0.2, -0.15) is 0 Å². The van der Waals surface area contributed by atoms with E-state index in [2.05, 4.69) is 20.9 Å². The van der Waals surface area contributed by atoms with Crippen LogP contribution in [0.2, 0.25) is 0 Å². The molecule has 0 aliphatic carbocycles. The first kappa shape index (κ1) is 21.1. The molecule has 4 N–H and O–H groups in total. The van der Waals surface area contributed by atoms with Gasteiger partial charge < -0.3 is 26.0 Å². The Morgan fingerprint density at radius 2 is 2.06 bits per heavy atom. The van der Waals surface area contributed by atoms with Crippen molar-refractivity contribution in [3.63, 3.8) is 0 Å². The molecule has 1 fully saturated rings. The summed E-state index contributed by atoms with van der Waals surface area (Å²) in [6.45, 7) is 3.43. The first-order valence-corrected chi connectivity index (χ1v) is 10.5. The van der Waals surface area contributed by atoms with Gasteiger partial charge in [0, 0.05) is 45.0 Å². The molecule has 2 aromatic rings. The summed E-state index contributed by atoms with van der Waals surface area (Å²) in [5.41, 5.74) is 0.371. The zero-order valence-corrected chi connectivity index (χ0v) is 17.4. The molecule has 3 aliphatic rings. The number of halogens is 1. The van der Waals surface area contributed by atoms with Crippen LogP contribution < -0.4 is 26.4 Å². The molecule has 0 unspecified atom stereocenters. The molecule has 9 nitrogen and oxygen atoms in total. The van der Waals surface area contributed by atoms with Crippen LogP contribution in [0.15, 0.2) is 23.0 Å². The molecular weight excluding hydrogens is 403 g/mol. The van der Waals surface area contributed by atoms with Gasteiger partial charge in [0.25, 0.3) is 11.5 Å². The molecule has 0 saturated carbocycles. The highest BCUT2D eigenvalue weighted by Gasteiger charge is 2.31. The number of hydrogen-bond donors (Lipinski definition) is 4. The van der Waals surface area contributed by atoms with Crippen molar-refractivity contribution in [1.82, 2.24) is 20.2 Å². The molecule has 5 rings (SSSR count). The maximum absolute atomic E-state index is 13.7. The number of carbonyl (C=O) groups is 1. The monoisotopic (exact) mass is 430 g/mol. The number of fused-ring (bicyclic) bond motifs is 2. The van der Waals surface area contributed by atoms with Gasteiger partial charge in [-0.05, 0) is 43.5 Å². The normalized spacial score (nSPS) is 15.5. The van der Waals surface area contributed by atoms with Crippen molar-refractivity contribution in [1.29, 1.82) is 0 Å². The molecule has 10 heteroatoms. The van der Waals surface area contributed by atoms with Crippen molar-refractivity contribution >= 4 is 17.5 Å². The zero-order chi connectivity index (χ0) is 22.0. The zero-order valence-electron chi connectivity index (χ0n) is 17.4. The topological polar surface area (TPSA) is 112 Å². The van der Waals surface area contributed by atoms with Gasteiger partial charge in [-0.3, -0.25) is 14.2 Å². The molecule has 31 heavy (non-hydrogen) atoms. The fourth-order valence-corrected chi connectivity index (χ4v) is 4.12. The summed E-state index contributed by atoms with van der Waals surface area (Å²) in [5, 5.41) is 19.2. The van der Waals surface area contributed by atoms with E-state index in [0.29, 0.717) is 42.8 Å². The summed E-state index contributed by atoms with van der Waals surface area (Å²) in [5.74, 6) is -0.865. The minimum atomic E-state index is -0.650. The Kier molecular flexibility index (Phi) is 6.08. The molecule has 1 aromatic carbocycles. The van der Waals surface area contributed by atoms with Crippen molar-refractivity contribution in [3.8, 4) is 5.75 Å². The van der Waals surface area contributed by atoms with Crippen LogP contribution in [0.5, 0.6) is 5.75 Å². The van der Waals surface area contributed by atoms with Crippen LogP contribution in [0.1, 0.15) is 28.9 Å². The predicted octanol–water partition coefficient (Wildman–Crippen LogP) is 0.879. The summed E-state index contributed by atoms with van der Waals surface area (Å²) >= 11 is 0. The number of aromatic hydroxyl groups is 1. The summed E-state index contributed by atoms with van der Waals surface area (Å²) in [7, 11) is 1.82. The van der Waals surface area contributed by atoms with Crippen LogP contribution in [0.3, 0.4) is 0 Å². The summed E-state index contributed by atoms with van der Waals surface area (Å²) in [6.07, 6.45) is 1.91. The van der Waals surface area contributed by atoms with Gasteiger partial charge in [0.2, 0.25) is 11.7 Å². The van der Waals surface area contributed by atoms with Gasteiger partial charge in [-0.15, -0.1) is 0 Å². The van der Waals surface area contributed by atoms with Crippen molar-refractivity contribution in [2.75, 3.05) is 43.4 Å². The van der Waals surface area contributed by atoms with Crippen LogP contribution in [0.25, 0.3) is 0 Å². The third-order valence-electron chi connectivity index (χ3n) is 5.88. The van der Waals surface area contributed by atoms with Gasteiger partial charge in [0.15, 0.2) is 5.69 Å². The lowest BCUT2D eigenvalue weighted by Gasteiger charge is -2.27. The fraction of sp³-hybridized carbons (Fsp3) is 0.476. The lowest BCUT2D eigenvalue weighted by Crippen LogP contribution is -2.35. The Labute approximate surface area is 179 Å². The highest BCUT2D eigenvalue weighted by atomic mass is 19.1. The minimum Gasteiger partial charge on any atom is -0.501 e. The first-order valence-electron chi connectivity index (χ1n) is 10.5. The molecule has 2 bridgehead atoms. The van der Waals surface area contributed by atoms with Gasteiger partial charge >= 0.3 is 0 Å². The second-order valence-corrected chi connectivity index (χ2v) is 7.97. The fourth-order valence-electron chi connectivity index (χ4n) is 4.12. The summed E-state index contributed by atoms with van der Waals surface area (Å²) < 4.78 is 15.1. The average molecular weight is 430 g/mol. The minimum absolute atomic E-state index is 0.0896. The second-order valence-electron chi connectivity index (χ2n) is 7.97. The molecule has 166 valence electrons. The number of carbonyl (C=O) groups excluding carboxylic acids is 1. The van der Waals surface area contributed by atoms with Crippen molar-refractivity contribution in [2.45, 2.75) is 25.9 Å². The Morgan fingerprint density at radius 1 is 1.29 bits per heavy atom. The molecule has 1 aromatic heterocycles. The molecule has 0 radical (unpaired) electrons. The number of benzene rings is 1. The maximum Gasteiger partial charge on any atom is 0.297 e. The summed E-state index contributed by atoms with van der Waals surface area (Å²) in [6, 6.07) is 4.27. The number of piperidine rings is 1. The van der Waals surface area contributed by atoms with Crippen LogP contribution in [-0.2, 0) is 13.1 Å². The van der Waals surface area contributed by atoms with Crippen LogP contribution in [-0.4, -0.2) is 53.8 Å². The van der Waals surface area contributed by atoms with E-state index in [1.807, 2.05) is 11.9 Å². The number of nitrogens with one attached hydrogen (secondary N) is 3. The number of likely N-dealkylation sites (N-methyl/N-ethyl adjacent to an activating group) is 1. The SMILES string of the molecule is CNCCNc1cc(F)ccc1CNC(=O)c1nc2n(c(=O)c1O)CC1CCN2CC1. The molecule has 0 atom stereocenters. The van der Waals surface area contributed by atoms with E-state index in [9.17, 15) is 19.1 Å². The van der Waals surface area contributed by atoms with Crippen LogP contribution in [0, 0.1) is 11.7 Å². The van der Waals surface area contributed by atoms with Crippen LogP contribution >= 0.6 is 0 Å². The molecule has 0 spiro atoms. The Balaban J connectivity index is 1.55. The molecule has 1 amide bonds. The largest absolute Gasteiger partial charge is 0.501 e. The number of rotatable bonds is 7. The van der Waals surface area contributed by atoms with Crippen LogP contribution in [0.4, 0.5) is 16.0 Å². The summed E-state index contributed by atoms with van der Waals surface area (Å²) in [4.78, 5) is 31.9. The van der Waals surface area contributed by atoms with Gasteiger partial charge in [0.1, 0.15) is 5.82 Å². The van der Waals surface area contributed by atoms with E-state index in [4.69, 9.17) is 0 Å². The van der Waals surface area contributed by atoms with E-state index in [0.717, 1.165) is 25.9 Å². The number of anilines is 2. The van der Waals surface area contributed by atoms with Crippen molar-refractivity contribution in [2.24, 2.45) is 5.92 Å². The van der Waals surface area contributed by atoms with E-state index >= 15 is 0 Å². The van der Waals surface area contributed by atoms with Gasteiger partial charge in [-0.25, -0.2) is 9.37 Å². The highest BCUT2D eigenvalue weighted by Crippen LogP contribution is 2.29. The Hall–Kier alpha value is -3.14. The van der Waals surface area contributed by atoms with Crippen molar-refractivity contribution in [3.05, 3.63) is 45.6 Å². The number of aromatic nitrogens is 2. The first-order chi connectivity index (χ1) is 15.0. The van der Waals surface area contributed by atoms with E-state index in [1.165, 1.54) is 16.7 Å². The standard InChI is InChI=1S/C21H27FN6O3/c1-23-6-7-24-16-10-15(22)3-2-14(16)11-25-19(30)17-18(29)20(31)28-12-13-4-8-27(9-5-13)21(28)26-17/h2-3,10,13,23-24,29H,4-9,11-12H2,1H3,(H,25,30). The molecule has 3 aliphatic heterocycles. The second kappa shape index (κ2) is 8.93. The van der Waals surface area contributed by atoms with Crippen molar-refractivity contribution < 1.29 is 14.3 Å². The lowest BCUT2D eigenvalue weighted by molar-refractivity contribution is 0.0942. The third kappa shape index (κ3) is 4.34. The number of amides is 1. The van der Waals surface area contributed by atoms with E-state index in [1.54, 1.807) is 6.07 Å². The maximum atomic E-state index is 13.7. The molecule has 1 saturated heterocycles. The Bertz CT molecular complexity index is 1030. The Morgan fingerprint density at radius 3 is 2.81 bits per heavy atom. The number of hydrogen-bond acceptors (Lipinski definition) is 7. The highest BCUT2D eigenvalue weighted by molar-refractivity contribution is 5.95. The predicted molar refractivity (Wildman–Crippen MR) is 115 cm³/mol. The molecular formula is C21H27FN6O3. The smallest absolute Gasteiger partial charge is 0.297 e. The quantitative estimate of drug-likeness (QED) is 0.483. The third-order valence-corrected chi connectivity index (χ3v) is 5.88.